The summed E-state index contributed by atoms with van der Waals surface area (Å²) >= 11 is 5.31. The standard InChI is InChI=1S/C11H21BrO2S/c1-4-14-10(13)11(2,3)6-5-8-15-9-7-12/h4-9H2,1-3H3. The predicted molar refractivity (Wildman–Crippen MR) is 70.8 cm³/mol. The smallest absolute Gasteiger partial charge is 0.311 e. The minimum absolute atomic E-state index is 0.0736. The number of hydrogen-bond donors (Lipinski definition) is 0. The highest BCUT2D eigenvalue weighted by molar-refractivity contribution is 9.09. The van der Waals surface area contributed by atoms with E-state index in [1.54, 1.807) is 0 Å². The number of halogens is 1. The molecule has 0 aromatic carbocycles. The molecule has 0 radical (unpaired) electrons. The van der Waals surface area contributed by atoms with Crippen LogP contribution < -0.4 is 0 Å². The maximum atomic E-state index is 11.5. The first kappa shape index (κ1) is 15.3. The summed E-state index contributed by atoms with van der Waals surface area (Å²) in [4.78, 5) is 11.5. The largest absolute Gasteiger partial charge is 0.466 e. The van der Waals surface area contributed by atoms with Gasteiger partial charge in [0.05, 0.1) is 12.0 Å². The van der Waals surface area contributed by atoms with Gasteiger partial charge in [0.2, 0.25) is 0 Å². The molecule has 0 aromatic heterocycles. The van der Waals surface area contributed by atoms with E-state index in [9.17, 15) is 4.79 Å². The van der Waals surface area contributed by atoms with Crippen LogP contribution in [0.3, 0.4) is 0 Å². The van der Waals surface area contributed by atoms with Crippen molar-refractivity contribution in [3.05, 3.63) is 0 Å². The Kier molecular flexibility index (Phi) is 8.62. The van der Waals surface area contributed by atoms with E-state index in [0.29, 0.717) is 6.61 Å². The molecule has 0 rings (SSSR count). The van der Waals surface area contributed by atoms with Gasteiger partial charge in [-0.15, -0.1) is 0 Å². The van der Waals surface area contributed by atoms with E-state index in [2.05, 4.69) is 15.9 Å². The second-order valence-corrected chi connectivity index (χ2v) is 6.03. The van der Waals surface area contributed by atoms with Crippen molar-refractivity contribution in [2.75, 3.05) is 23.4 Å². The van der Waals surface area contributed by atoms with Crippen LogP contribution in [0, 0.1) is 5.41 Å². The zero-order valence-electron chi connectivity index (χ0n) is 9.85. The van der Waals surface area contributed by atoms with Crippen molar-refractivity contribution < 1.29 is 9.53 Å². The molecular formula is C11H21BrO2S. The van der Waals surface area contributed by atoms with Crippen LogP contribution in [0.2, 0.25) is 0 Å². The van der Waals surface area contributed by atoms with Crippen molar-refractivity contribution in [3.8, 4) is 0 Å². The number of carbonyl (C=O) groups is 1. The topological polar surface area (TPSA) is 26.3 Å². The highest BCUT2D eigenvalue weighted by Crippen LogP contribution is 2.25. The first-order valence-electron chi connectivity index (χ1n) is 5.35. The van der Waals surface area contributed by atoms with Gasteiger partial charge in [-0.2, -0.15) is 11.8 Å². The lowest BCUT2D eigenvalue weighted by Crippen LogP contribution is -2.26. The van der Waals surface area contributed by atoms with Gasteiger partial charge in [-0.3, -0.25) is 4.79 Å². The monoisotopic (exact) mass is 296 g/mol. The van der Waals surface area contributed by atoms with Crippen molar-refractivity contribution >= 4 is 33.7 Å². The summed E-state index contributed by atoms with van der Waals surface area (Å²) in [5, 5.41) is 1.04. The Morgan fingerprint density at radius 2 is 2.07 bits per heavy atom. The molecule has 0 spiro atoms. The van der Waals surface area contributed by atoms with Crippen LogP contribution in [-0.4, -0.2) is 29.4 Å². The number of hydrogen-bond acceptors (Lipinski definition) is 3. The minimum Gasteiger partial charge on any atom is -0.466 e. The maximum absolute atomic E-state index is 11.5. The third-order valence-corrected chi connectivity index (χ3v) is 4.13. The normalized spacial score (nSPS) is 11.5. The Morgan fingerprint density at radius 1 is 1.40 bits per heavy atom. The van der Waals surface area contributed by atoms with Gasteiger partial charge in [-0.25, -0.2) is 0 Å². The number of carbonyl (C=O) groups excluding carboxylic acids is 1. The van der Waals surface area contributed by atoms with Crippen LogP contribution in [-0.2, 0) is 9.53 Å². The molecule has 0 saturated carbocycles. The fraction of sp³-hybridized carbons (Fsp3) is 0.909. The molecule has 0 atom stereocenters. The van der Waals surface area contributed by atoms with E-state index in [0.717, 1.165) is 29.7 Å². The van der Waals surface area contributed by atoms with Gasteiger partial charge in [0.15, 0.2) is 0 Å². The van der Waals surface area contributed by atoms with Crippen LogP contribution >= 0.6 is 27.7 Å². The van der Waals surface area contributed by atoms with Crippen molar-refractivity contribution in [3.63, 3.8) is 0 Å². The fourth-order valence-corrected chi connectivity index (χ4v) is 2.55. The molecule has 0 heterocycles. The first-order valence-corrected chi connectivity index (χ1v) is 7.63. The van der Waals surface area contributed by atoms with Crippen molar-refractivity contribution in [1.82, 2.24) is 0 Å². The third kappa shape index (κ3) is 7.23. The van der Waals surface area contributed by atoms with Gasteiger partial charge in [-0.05, 0) is 39.4 Å². The second kappa shape index (κ2) is 8.45. The molecule has 0 fully saturated rings. The highest BCUT2D eigenvalue weighted by atomic mass is 79.9. The summed E-state index contributed by atoms with van der Waals surface area (Å²) in [7, 11) is 0. The summed E-state index contributed by atoms with van der Waals surface area (Å²) in [6, 6.07) is 0. The number of rotatable bonds is 8. The SMILES string of the molecule is CCOC(=O)C(C)(C)CCCSCCBr. The number of thioether (sulfide) groups is 1. The molecule has 2 nitrogen and oxygen atoms in total. The van der Waals surface area contributed by atoms with Gasteiger partial charge in [0.1, 0.15) is 0 Å². The predicted octanol–water partition coefficient (Wildman–Crippen LogP) is 3.48. The molecule has 0 amide bonds. The Bertz CT molecular complexity index is 183. The van der Waals surface area contributed by atoms with Crippen LogP contribution in [0.5, 0.6) is 0 Å². The van der Waals surface area contributed by atoms with Crippen molar-refractivity contribution in [2.24, 2.45) is 5.41 Å². The lowest BCUT2D eigenvalue weighted by Gasteiger charge is -2.21. The van der Waals surface area contributed by atoms with Crippen LogP contribution in [0.25, 0.3) is 0 Å². The summed E-state index contributed by atoms with van der Waals surface area (Å²) in [5.41, 5.74) is -0.328. The summed E-state index contributed by atoms with van der Waals surface area (Å²) in [5.74, 6) is 2.18. The molecule has 0 saturated heterocycles. The molecule has 0 unspecified atom stereocenters. The zero-order chi connectivity index (χ0) is 11.7. The molecule has 0 aliphatic heterocycles. The van der Waals surface area contributed by atoms with Crippen molar-refractivity contribution in [1.29, 1.82) is 0 Å². The summed E-state index contributed by atoms with van der Waals surface area (Å²) in [6.45, 7) is 6.24. The van der Waals surface area contributed by atoms with Gasteiger partial charge < -0.3 is 4.74 Å². The van der Waals surface area contributed by atoms with Gasteiger partial charge in [-0.1, -0.05) is 15.9 Å². The average Bonchev–Trinajstić information content (AvgIpc) is 2.18. The number of alkyl halides is 1. The van der Waals surface area contributed by atoms with E-state index in [4.69, 9.17) is 4.74 Å². The molecule has 0 aliphatic rings. The molecule has 0 aromatic rings. The van der Waals surface area contributed by atoms with E-state index in [-0.39, 0.29) is 11.4 Å². The van der Waals surface area contributed by atoms with Crippen LogP contribution in [0.1, 0.15) is 33.6 Å². The maximum Gasteiger partial charge on any atom is 0.311 e. The molecule has 15 heavy (non-hydrogen) atoms. The van der Waals surface area contributed by atoms with Crippen LogP contribution in [0.15, 0.2) is 0 Å². The zero-order valence-corrected chi connectivity index (χ0v) is 12.2. The Hall–Kier alpha value is 0.300. The lowest BCUT2D eigenvalue weighted by molar-refractivity contribution is -0.153. The quantitative estimate of drug-likeness (QED) is 0.390. The number of ether oxygens (including phenoxy) is 1. The molecule has 90 valence electrons. The molecule has 4 heteroatoms. The van der Waals surface area contributed by atoms with E-state index < -0.39 is 0 Å². The van der Waals surface area contributed by atoms with E-state index >= 15 is 0 Å². The summed E-state index contributed by atoms with van der Waals surface area (Å²) in [6.07, 6.45) is 1.98. The molecular weight excluding hydrogens is 276 g/mol. The highest BCUT2D eigenvalue weighted by Gasteiger charge is 2.28. The van der Waals surface area contributed by atoms with Gasteiger partial charge in [0.25, 0.3) is 0 Å². The molecule has 0 N–H and O–H groups in total. The van der Waals surface area contributed by atoms with Gasteiger partial charge in [0, 0.05) is 11.1 Å². The first-order chi connectivity index (χ1) is 7.04. The fourth-order valence-electron chi connectivity index (χ4n) is 1.20. The van der Waals surface area contributed by atoms with E-state index in [1.165, 1.54) is 0 Å². The van der Waals surface area contributed by atoms with Crippen LogP contribution in [0.4, 0.5) is 0 Å². The van der Waals surface area contributed by atoms with Gasteiger partial charge >= 0.3 is 5.97 Å². The molecule has 0 bridgehead atoms. The Balaban J connectivity index is 3.68. The van der Waals surface area contributed by atoms with E-state index in [1.807, 2.05) is 32.5 Å². The molecule has 0 aliphatic carbocycles. The third-order valence-electron chi connectivity index (χ3n) is 2.14. The Morgan fingerprint density at radius 3 is 2.60 bits per heavy atom. The average molecular weight is 297 g/mol. The van der Waals surface area contributed by atoms with Crippen molar-refractivity contribution in [2.45, 2.75) is 33.6 Å². The lowest BCUT2D eigenvalue weighted by atomic mass is 9.88. The Labute approximate surface area is 106 Å². The minimum atomic E-state index is -0.328. The number of esters is 1. The second-order valence-electron chi connectivity index (χ2n) is 4.01. The summed E-state index contributed by atoms with van der Waals surface area (Å²) < 4.78 is 5.03.